The van der Waals surface area contributed by atoms with Crippen LogP contribution in [0.2, 0.25) is 0 Å². The largest absolute Gasteiger partial charge is 0.469 e. The number of carbonyl (C=O) groups is 3. The summed E-state index contributed by atoms with van der Waals surface area (Å²) in [6.07, 6.45) is 0.843. The average molecular weight is 495 g/mol. The van der Waals surface area contributed by atoms with Crippen LogP contribution in [0.1, 0.15) is 38.7 Å². The van der Waals surface area contributed by atoms with E-state index < -0.39 is 35.7 Å². The fourth-order valence-electron chi connectivity index (χ4n) is 4.56. The van der Waals surface area contributed by atoms with Crippen LogP contribution in [0.5, 0.6) is 0 Å². The van der Waals surface area contributed by atoms with Crippen molar-refractivity contribution in [3.8, 4) is 0 Å². The number of rotatable bonds is 12. The van der Waals surface area contributed by atoms with Gasteiger partial charge in [0.1, 0.15) is 13.2 Å². The Bertz CT molecular complexity index is 1150. The van der Waals surface area contributed by atoms with Crippen LogP contribution in [-0.4, -0.2) is 43.3 Å². The standard InChI is InChI=1S/C29H34O7/c1-4-20(29(33)35-14-13-30)16-23(28(32)34-3)15-19(2)27(31)36-18-26-24-11-7-5-9-21(24)17-22-10-6-8-12-25(22)26/h5-12,17,19-20,23,30H,4,13-16,18H2,1-3H3. The van der Waals surface area contributed by atoms with Gasteiger partial charge < -0.3 is 19.3 Å². The zero-order valence-corrected chi connectivity index (χ0v) is 21.1. The van der Waals surface area contributed by atoms with Gasteiger partial charge in [-0.2, -0.15) is 0 Å². The number of benzene rings is 3. The van der Waals surface area contributed by atoms with Crippen LogP contribution in [-0.2, 0) is 35.2 Å². The molecule has 3 unspecified atom stereocenters. The van der Waals surface area contributed by atoms with E-state index in [9.17, 15) is 14.4 Å². The third-order valence-electron chi connectivity index (χ3n) is 6.55. The van der Waals surface area contributed by atoms with E-state index in [1.54, 1.807) is 6.92 Å². The number of ether oxygens (including phenoxy) is 3. The predicted octanol–water partition coefficient (Wildman–Crippen LogP) is 4.80. The van der Waals surface area contributed by atoms with Crippen molar-refractivity contribution in [1.82, 2.24) is 0 Å². The first-order valence-corrected chi connectivity index (χ1v) is 12.3. The van der Waals surface area contributed by atoms with Crippen molar-refractivity contribution in [2.45, 2.75) is 39.7 Å². The van der Waals surface area contributed by atoms with E-state index in [1.165, 1.54) is 7.11 Å². The van der Waals surface area contributed by atoms with Gasteiger partial charge in [0.2, 0.25) is 0 Å². The van der Waals surface area contributed by atoms with Crippen molar-refractivity contribution in [2.75, 3.05) is 20.3 Å². The van der Waals surface area contributed by atoms with Gasteiger partial charge in [0, 0.05) is 5.56 Å². The van der Waals surface area contributed by atoms with E-state index in [2.05, 4.69) is 6.07 Å². The van der Waals surface area contributed by atoms with Crippen LogP contribution in [0, 0.1) is 17.8 Å². The zero-order valence-electron chi connectivity index (χ0n) is 21.1. The molecular formula is C29H34O7. The lowest BCUT2D eigenvalue weighted by Crippen LogP contribution is -2.29. The molecule has 0 bridgehead atoms. The van der Waals surface area contributed by atoms with Gasteiger partial charge in [0.05, 0.1) is 31.5 Å². The summed E-state index contributed by atoms with van der Waals surface area (Å²) in [6, 6.07) is 18.1. The molecule has 0 saturated heterocycles. The minimum atomic E-state index is -0.664. The van der Waals surface area contributed by atoms with E-state index in [1.807, 2.05) is 55.5 Å². The molecule has 0 aliphatic carbocycles. The van der Waals surface area contributed by atoms with Gasteiger partial charge >= 0.3 is 17.9 Å². The Kier molecular flexibility index (Phi) is 9.82. The van der Waals surface area contributed by atoms with Gasteiger partial charge in [-0.3, -0.25) is 14.4 Å². The van der Waals surface area contributed by atoms with E-state index in [4.69, 9.17) is 19.3 Å². The van der Waals surface area contributed by atoms with Crippen molar-refractivity contribution in [2.24, 2.45) is 17.8 Å². The molecule has 0 radical (unpaired) electrons. The van der Waals surface area contributed by atoms with Gasteiger partial charge in [0.15, 0.2) is 0 Å². The summed E-state index contributed by atoms with van der Waals surface area (Å²) in [5.41, 5.74) is 0.937. The number of carbonyl (C=O) groups excluding carboxylic acids is 3. The lowest BCUT2D eigenvalue weighted by molar-refractivity contribution is -0.154. The van der Waals surface area contributed by atoms with Gasteiger partial charge in [-0.25, -0.2) is 0 Å². The minimum Gasteiger partial charge on any atom is -0.469 e. The maximum Gasteiger partial charge on any atom is 0.309 e. The Balaban J connectivity index is 1.72. The first-order valence-electron chi connectivity index (χ1n) is 12.3. The molecule has 1 N–H and O–H groups in total. The van der Waals surface area contributed by atoms with Gasteiger partial charge in [0.25, 0.3) is 0 Å². The quantitative estimate of drug-likeness (QED) is 0.219. The van der Waals surface area contributed by atoms with E-state index in [-0.39, 0.29) is 32.7 Å². The molecule has 7 nitrogen and oxygen atoms in total. The lowest BCUT2D eigenvalue weighted by Gasteiger charge is -2.22. The molecular weight excluding hydrogens is 460 g/mol. The molecule has 3 aromatic rings. The van der Waals surface area contributed by atoms with Crippen molar-refractivity contribution in [1.29, 1.82) is 0 Å². The molecule has 36 heavy (non-hydrogen) atoms. The Labute approximate surface area is 211 Å². The van der Waals surface area contributed by atoms with Crippen LogP contribution in [0.4, 0.5) is 0 Å². The smallest absolute Gasteiger partial charge is 0.309 e. The topological polar surface area (TPSA) is 99.1 Å². The van der Waals surface area contributed by atoms with Gasteiger partial charge in [-0.1, -0.05) is 62.4 Å². The monoisotopic (exact) mass is 494 g/mol. The highest BCUT2D eigenvalue weighted by molar-refractivity contribution is 6.02. The Hall–Kier alpha value is -3.45. The van der Waals surface area contributed by atoms with Gasteiger partial charge in [-0.05, 0) is 46.9 Å². The van der Waals surface area contributed by atoms with Crippen molar-refractivity contribution in [3.05, 3.63) is 60.2 Å². The Morgan fingerprint density at radius 2 is 1.44 bits per heavy atom. The number of hydrogen-bond donors (Lipinski definition) is 1. The first-order chi connectivity index (χ1) is 17.4. The molecule has 192 valence electrons. The predicted molar refractivity (Wildman–Crippen MR) is 137 cm³/mol. The highest BCUT2D eigenvalue weighted by Gasteiger charge is 2.31. The normalized spacial score (nSPS) is 13.7. The number of esters is 3. The highest BCUT2D eigenvalue weighted by Crippen LogP contribution is 2.30. The molecule has 3 rings (SSSR count). The zero-order chi connectivity index (χ0) is 26.1. The second kappa shape index (κ2) is 13.0. The Morgan fingerprint density at radius 3 is 2.00 bits per heavy atom. The van der Waals surface area contributed by atoms with E-state index in [0.717, 1.165) is 27.1 Å². The summed E-state index contributed by atoms with van der Waals surface area (Å²) in [4.78, 5) is 37.7. The van der Waals surface area contributed by atoms with Gasteiger partial charge in [-0.15, -0.1) is 0 Å². The second-order valence-electron chi connectivity index (χ2n) is 8.99. The van der Waals surface area contributed by atoms with Crippen LogP contribution in [0.15, 0.2) is 54.6 Å². The van der Waals surface area contributed by atoms with Crippen molar-refractivity contribution >= 4 is 39.5 Å². The van der Waals surface area contributed by atoms with Crippen LogP contribution < -0.4 is 0 Å². The fourth-order valence-corrected chi connectivity index (χ4v) is 4.56. The molecule has 3 aromatic carbocycles. The molecule has 0 aromatic heterocycles. The highest BCUT2D eigenvalue weighted by atomic mass is 16.5. The molecule has 0 aliphatic rings. The molecule has 0 amide bonds. The SMILES string of the molecule is CCC(CC(CC(C)C(=O)OCc1c2ccccc2cc2ccccc12)C(=O)OC)C(=O)OCCO. The Morgan fingerprint density at radius 1 is 0.833 bits per heavy atom. The molecule has 3 atom stereocenters. The molecule has 0 spiro atoms. The summed E-state index contributed by atoms with van der Waals surface area (Å²) in [7, 11) is 1.29. The summed E-state index contributed by atoms with van der Waals surface area (Å²) in [5.74, 6) is -3.16. The van der Waals surface area contributed by atoms with E-state index in [0.29, 0.717) is 6.42 Å². The van der Waals surface area contributed by atoms with E-state index >= 15 is 0 Å². The van der Waals surface area contributed by atoms with Crippen LogP contribution in [0.3, 0.4) is 0 Å². The molecule has 0 saturated carbocycles. The summed E-state index contributed by atoms with van der Waals surface area (Å²) < 4.78 is 15.7. The van der Waals surface area contributed by atoms with Crippen molar-refractivity contribution in [3.63, 3.8) is 0 Å². The second-order valence-corrected chi connectivity index (χ2v) is 8.99. The molecule has 0 aliphatic heterocycles. The number of aliphatic hydroxyl groups is 1. The third-order valence-corrected chi connectivity index (χ3v) is 6.55. The fraction of sp³-hybridized carbons (Fsp3) is 0.414. The molecule has 7 heteroatoms. The van der Waals surface area contributed by atoms with Crippen LogP contribution >= 0.6 is 0 Å². The lowest BCUT2D eigenvalue weighted by atomic mass is 9.86. The molecule has 0 heterocycles. The summed E-state index contributed by atoms with van der Waals surface area (Å²) >= 11 is 0. The molecule has 0 fully saturated rings. The number of hydrogen-bond acceptors (Lipinski definition) is 7. The third kappa shape index (κ3) is 6.61. The average Bonchev–Trinajstić information content (AvgIpc) is 2.90. The van der Waals surface area contributed by atoms with Crippen LogP contribution in [0.25, 0.3) is 21.5 Å². The summed E-state index contributed by atoms with van der Waals surface area (Å²) in [6.45, 7) is 3.29. The minimum absolute atomic E-state index is 0.0934. The maximum atomic E-state index is 13.0. The maximum absolute atomic E-state index is 13.0. The first kappa shape index (κ1) is 27.1. The number of fused-ring (bicyclic) bond motifs is 2. The van der Waals surface area contributed by atoms with Crippen molar-refractivity contribution < 1.29 is 33.7 Å². The summed E-state index contributed by atoms with van der Waals surface area (Å²) in [5, 5.41) is 13.1. The number of aliphatic hydroxyl groups excluding tert-OH is 1. The number of methoxy groups -OCH3 is 1.